The fourth-order valence-electron chi connectivity index (χ4n) is 3.79. The van der Waals surface area contributed by atoms with Crippen molar-refractivity contribution in [3.05, 3.63) is 70.4 Å². The molecule has 2 aromatic carbocycles. The highest BCUT2D eigenvalue weighted by Crippen LogP contribution is 2.33. The zero-order valence-electron chi connectivity index (χ0n) is 15.3. The van der Waals surface area contributed by atoms with Crippen molar-refractivity contribution in [3.63, 3.8) is 0 Å². The van der Waals surface area contributed by atoms with Crippen molar-refractivity contribution in [3.8, 4) is 0 Å². The Labute approximate surface area is 156 Å². The Hall–Kier alpha value is -2.53. The van der Waals surface area contributed by atoms with Crippen molar-refractivity contribution in [2.75, 3.05) is 13.6 Å². The first-order valence-electron chi connectivity index (χ1n) is 8.99. The number of rotatable bonds is 2. The van der Waals surface area contributed by atoms with Gasteiger partial charge in [0, 0.05) is 36.8 Å². The fraction of sp³-hybridized carbons (Fsp3) is 0.273. The van der Waals surface area contributed by atoms with E-state index in [1.807, 2.05) is 6.20 Å². The predicted octanol–water partition coefficient (Wildman–Crippen LogP) is 5.58. The number of hydrogen-bond donors (Lipinski definition) is 0. The Balaban J connectivity index is 1.80. The SMILES string of the molecule is Cc1ccc2c(c1)c1c(n2/C=C\c2cccc(C(F)(F)F)c2)CCN(C)C1. The van der Waals surface area contributed by atoms with E-state index >= 15 is 0 Å². The molecule has 0 spiro atoms. The van der Waals surface area contributed by atoms with Gasteiger partial charge < -0.3 is 9.47 Å². The van der Waals surface area contributed by atoms with Crippen molar-refractivity contribution >= 4 is 23.2 Å². The Morgan fingerprint density at radius 1 is 1.07 bits per heavy atom. The minimum Gasteiger partial charge on any atom is -0.320 e. The van der Waals surface area contributed by atoms with Crippen LogP contribution in [0.4, 0.5) is 13.2 Å². The Morgan fingerprint density at radius 2 is 1.89 bits per heavy atom. The number of hydrogen-bond acceptors (Lipinski definition) is 1. The van der Waals surface area contributed by atoms with Crippen molar-refractivity contribution in [2.45, 2.75) is 26.1 Å². The van der Waals surface area contributed by atoms with Crippen LogP contribution < -0.4 is 0 Å². The lowest BCUT2D eigenvalue weighted by Gasteiger charge is -2.23. The lowest BCUT2D eigenvalue weighted by Crippen LogP contribution is -2.26. The standard InChI is InChI=1S/C22H21F3N2/c1-15-6-7-20-18(12-15)19-14-26(2)10-9-21(19)27(20)11-8-16-4-3-5-17(13-16)22(23,24)25/h3-8,11-13H,9-10,14H2,1-2H3/b11-8-. The van der Waals surface area contributed by atoms with Gasteiger partial charge in [0.25, 0.3) is 0 Å². The minimum atomic E-state index is -4.33. The van der Waals surface area contributed by atoms with Crippen LogP contribution in [-0.2, 0) is 19.1 Å². The second-order valence-electron chi connectivity index (χ2n) is 7.24. The van der Waals surface area contributed by atoms with Gasteiger partial charge in [0.1, 0.15) is 0 Å². The average molecular weight is 370 g/mol. The molecule has 5 heteroatoms. The van der Waals surface area contributed by atoms with Gasteiger partial charge in [-0.15, -0.1) is 0 Å². The van der Waals surface area contributed by atoms with Crippen molar-refractivity contribution < 1.29 is 13.2 Å². The highest BCUT2D eigenvalue weighted by molar-refractivity contribution is 5.89. The topological polar surface area (TPSA) is 8.17 Å². The summed E-state index contributed by atoms with van der Waals surface area (Å²) in [6.07, 6.45) is 0.252. The molecule has 1 aliphatic heterocycles. The predicted molar refractivity (Wildman–Crippen MR) is 103 cm³/mol. The van der Waals surface area contributed by atoms with Gasteiger partial charge in [0.15, 0.2) is 0 Å². The molecule has 0 saturated carbocycles. The maximum atomic E-state index is 13.0. The first-order valence-corrected chi connectivity index (χ1v) is 8.99. The molecule has 0 atom stereocenters. The zero-order chi connectivity index (χ0) is 19.2. The van der Waals surface area contributed by atoms with E-state index < -0.39 is 11.7 Å². The molecule has 4 rings (SSSR count). The second kappa shape index (κ2) is 6.57. The van der Waals surface area contributed by atoms with Crippen LogP contribution in [-0.4, -0.2) is 23.1 Å². The minimum absolute atomic E-state index is 0.542. The van der Waals surface area contributed by atoms with Crippen LogP contribution in [0.15, 0.2) is 42.5 Å². The molecule has 0 saturated heterocycles. The van der Waals surface area contributed by atoms with E-state index in [4.69, 9.17) is 0 Å². The molecule has 0 radical (unpaired) electrons. The molecule has 2 heterocycles. The van der Waals surface area contributed by atoms with Gasteiger partial charge in [-0.1, -0.05) is 23.8 Å². The molecule has 0 bridgehead atoms. The lowest BCUT2D eigenvalue weighted by atomic mass is 10.0. The number of aryl methyl sites for hydroxylation is 1. The summed E-state index contributed by atoms with van der Waals surface area (Å²) in [6, 6.07) is 11.8. The van der Waals surface area contributed by atoms with Crippen molar-refractivity contribution in [1.29, 1.82) is 0 Å². The third-order valence-corrected chi connectivity index (χ3v) is 5.16. The van der Waals surface area contributed by atoms with E-state index in [-0.39, 0.29) is 0 Å². The van der Waals surface area contributed by atoms with Gasteiger partial charge in [-0.05, 0) is 55.4 Å². The molecule has 0 fully saturated rings. The maximum Gasteiger partial charge on any atom is 0.416 e. The number of fused-ring (bicyclic) bond motifs is 3. The van der Waals surface area contributed by atoms with Crippen LogP contribution >= 0.6 is 0 Å². The third kappa shape index (κ3) is 3.39. The van der Waals surface area contributed by atoms with Gasteiger partial charge in [-0.2, -0.15) is 13.2 Å². The summed E-state index contributed by atoms with van der Waals surface area (Å²) in [5, 5.41) is 1.23. The molecule has 2 nitrogen and oxygen atoms in total. The number of nitrogens with zero attached hydrogens (tertiary/aromatic N) is 2. The van der Waals surface area contributed by atoms with E-state index in [9.17, 15) is 13.2 Å². The Morgan fingerprint density at radius 3 is 2.67 bits per heavy atom. The summed E-state index contributed by atoms with van der Waals surface area (Å²) in [7, 11) is 2.11. The fourth-order valence-corrected chi connectivity index (χ4v) is 3.79. The number of likely N-dealkylation sites (N-methyl/N-ethyl adjacent to an activating group) is 1. The van der Waals surface area contributed by atoms with E-state index in [1.165, 1.54) is 34.3 Å². The second-order valence-corrected chi connectivity index (χ2v) is 7.24. The molecule has 0 N–H and O–H groups in total. The number of alkyl halides is 3. The largest absolute Gasteiger partial charge is 0.416 e. The van der Waals surface area contributed by atoms with Crippen LogP contribution in [0, 0.1) is 6.92 Å². The average Bonchev–Trinajstić information content (AvgIpc) is 2.92. The highest BCUT2D eigenvalue weighted by Gasteiger charge is 2.30. The molecule has 1 aromatic heterocycles. The van der Waals surface area contributed by atoms with Gasteiger partial charge in [0.2, 0.25) is 0 Å². The van der Waals surface area contributed by atoms with Crippen LogP contribution in [0.5, 0.6) is 0 Å². The van der Waals surface area contributed by atoms with E-state index in [1.54, 1.807) is 12.1 Å². The Bertz CT molecular complexity index is 1030. The van der Waals surface area contributed by atoms with Gasteiger partial charge in [-0.25, -0.2) is 0 Å². The molecule has 140 valence electrons. The number of benzene rings is 2. The highest BCUT2D eigenvalue weighted by atomic mass is 19.4. The molecule has 0 amide bonds. The molecular weight excluding hydrogens is 349 g/mol. The Kier molecular flexibility index (Phi) is 4.35. The van der Waals surface area contributed by atoms with Gasteiger partial charge in [-0.3, -0.25) is 0 Å². The smallest absolute Gasteiger partial charge is 0.320 e. The van der Waals surface area contributed by atoms with E-state index in [0.29, 0.717) is 5.56 Å². The summed E-state index contributed by atoms with van der Waals surface area (Å²) in [4.78, 5) is 2.30. The van der Waals surface area contributed by atoms with Gasteiger partial charge in [0.05, 0.1) is 11.1 Å². The summed E-state index contributed by atoms with van der Waals surface area (Å²) >= 11 is 0. The normalized spacial score (nSPS) is 15.6. The molecule has 0 unspecified atom stereocenters. The van der Waals surface area contributed by atoms with Crippen molar-refractivity contribution in [1.82, 2.24) is 9.47 Å². The quantitative estimate of drug-likeness (QED) is 0.571. The zero-order valence-corrected chi connectivity index (χ0v) is 15.3. The summed E-state index contributed by atoms with van der Waals surface area (Å²) < 4.78 is 41.0. The molecule has 27 heavy (non-hydrogen) atoms. The van der Waals surface area contributed by atoms with Gasteiger partial charge >= 0.3 is 6.18 Å². The first-order chi connectivity index (χ1) is 12.8. The number of aromatic nitrogens is 1. The molecule has 0 aliphatic carbocycles. The monoisotopic (exact) mass is 370 g/mol. The van der Waals surface area contributed by atoms with Crippen molar-refractivity contribution in [2.24, 2.45) is 0 Å². The summed E-state index contributed by atoms with van der Waals surface area (Å²) in [5.41, 5.74) is 4.79. The summed E-state index contributed by atoms with van der Waals surface area (Å²) in [5.74, 6) is 0. The van der Waals surface area contributed by atoms with E-state index in [0.717, 1.165) is 31.1 Å². The maximum absolute atomic E-state index is 13.0. The lowest BCUT2D eigenvalue weighted by molar-refractivity contribution is -0.137. The summed E-state index contributed by atoms with van der Waals surface area (Å²) in [6.45, 7) is 3.94. The van der Waals surface area contributed by atoms with E-state index in [2.05, 4.69) is 41.6 Å². The third-order valence-electron chi connectivity index (χ3n) is 5.16. The molecule has 1 aliphatic rings. The van der Waals surface area contributed by atoms with Crippen LogP contribution in [0.1, 0.15) is 27.9 Å². The van der Waals surface area contributed by atoms with Crippen LogP contribution in [0.3, 0.4) is 0 Å². The van der Waals surface area contributed by atoms with Crippen LogP contribution in [0.2, 0.25) is 0 Å². The number of halogens is 3. The first kappa shape index (κ1) is 17.9. The molecule has 3 aromatic rings. The molecular formula is C22H21F3N2. The van der Waals surface area contributed by atoms with Crippen LogP contribution in [0.25, 0.3) is 23.2 Å².